The van der Waals surface area contributed by atoms with Crippen LogP contribution in [0.5, 0.6) is 0 Å². The van der Waals surface area contributed by atoms with Crippen molar-refractivity contribution in [3.05, 3.63) is 56.5 Å². The summed E-state index contributed by atoms with van der Waals surface area (Å²) in [7, 11) is 0. The first kappa shape index (κ1) is 20.0. The average molecular weight is 471 g/mol. The standard InChI is InChI=1S/C19H18N8OS3/c1-9-7-10(2)27(25-9)18-23-24-19(26(18)20)31-11(3)15-21-16(28)14-12(8-30-17(14)22-15)13-5-4-6-29-13/h4-8,11H,20H2,1-3H3,(H,21,22,28). The smallest absolute Gasteiger partial charge is 0.271 e. The lowest BCUT2D eigenvalue weighted by Gasteiger charge is -2.10. The van der Waals surface area contributed by atoms with Crippen molar-refractivity contribution in [1.29, 1.82) is 0 Å². The molecular formula is C19H18N8OS3. The Balaban J connectivity index is 1.46. The third-order valence-corrected chi connectivity index (χ3v) is 7.60. The minimum Gasteiger partial charge on any atom is -0.334 e. The highest BCUT2D eigenvalue weighted by Gasteiger charge is 2.21. The summed E-state index contributed by atoms with van der Waals surface area (Å²) in [5, 5.41) is 17.7. The van der Waals surface area contributed by atoms with E-state index in [1.165, 1.54) is 27.8 Å². The van der Waals surface area contributed by atoms with Gasteiger partial charge in [0.15, 0.2) is 0 Å². The van der Waals surface area contributed by atoms with Crippen LogP contribution in [0, 0.1) is 13.8 Å². The Kier molecular flexibility index (Phi) is 4.91. The zero-order valence-corrected chi connectivity index (χ0v) is 19.3. The summed E-state index contributed by atoms with van der Waals surface area (Å²) in [6.07, 6.45) is 0. The number of nitrogens with zero attached hydrogens (tertiary/aromatic N) is 6. The number of aromatic nitrogens is 7. The van der Waals surface area contributed by atoms with Crippen LogP contribution in [0.2, 0.25) is 0 Å². The normalized spacial score (nSPS) is 12.6. The van der Waals surface area contributed by atoms with E-state index < -0.39 is 0 Å². The number of aromatic amines is 1. The Hall–Kier alpha value is -2.96. The first-order valence-corrected chi connectivity index (χ1v) is 12.0. The Morgan fingerprint density at radius 2 is 2.10 bits per heavy atom. The summed E-state index contributed by atoms with van der Waals surface area (Å²) < 4.78 is 3.05. The quantitative estimate of drug-likeness (QED) is 0.297. The Morgan fingerprint density at radius 1 is 1.26 bits per heavy atom. The van der Waals surface area contributed by atoms with Crippen molar-refractivity contribution in [2.45, 2.75) is 31.2 Å². The predicted octanol–water partition coefficient (Wildman–Crippen LogP) is 3.67. The lowest BCUT2D eigenvalue weighted by atomic mass is 10.2. The fraction of sp³-hybridized carbons (Fsp3) is 0.211. The highest BCUT2D eigenvalue weighted by atomic mass is 32.2. The van der Waals surface area contributed by atoms with E-state index in [0.29, 0.717) is 27.1 Å². The van der Waals surface area contributed by atoms with Gasteiger partial charge in [-0.3, -0.25) is 4.79 Å². The zero-order valence-electron chi connectivity index (χ0n) is 16.9. The molecule has 0 amide bonds. The molecule has 31 heavy (non-hydrogen) atoms. The number of nitrogens with two attached hydrogens (primary N) is 1. The number of thiophene rings is 2. The Morgan fingerprint density at radius 3 is 2.81 bits per heavy atom. The monoisotopic (exact) mass is 470 g/mol. The number of thioether (sulfide) groups is 1. The number of rotatable bonds is 5. The van der Waals surface area contributed by atoms with E-state index in [1.54, 1.807) is 16.0 Å². The van der Waals surface area contributed by atoms with Crippen molar-refractivity contribution in [3.63, 3.8) is 0 Å². The van der Waals surface area contributed by atoms with Crippen LogP contribution in [-0.2, 0) is 0 Å². The number of hydrogen-bond donors (Lipinski definition) is 2. The lowest BCUT2D eigenvalue weighted by Crippen LogP contribution is -2.17. The van der Waals surface area contributed by atoms with Crippen LogP contribution < -0.4 is 11.4 Å². The van der Waals surface area contributed by atoms with Gasteiger partial charge < -0.3 is 10.8 Å². The summed E-state index contributed by atoms with van der Waals surface area (Å²) >= 11 is 4.44. The van der Waals surface area contributed by atoms with Gasteiger partial charge in [-0.2, -0.15) is 5.10 Å². The molecule has 5 aromatic heterocycles. The molecule has 0 saturated carbocycles. The average Bonchev–Trinajstić information content (AvgIpc) is 3.50. The maximum absolute atomic E-state index is 12.9. The largest absolute Gasteiger partial charge is 0.334 e. The molecule has 5 rings (SSSR count). The molecule has 1 atom stereocenters. The maximum atomic E-state index is 12.9. The van der Waals surface area contributed by atoms with Crippen molar-refractivity contribution >= 4 is 44.7 Å². The number of nitrogen functional groups attached to an aromatic ring is 1. The molecular weight excluding hydrogens is 452 g/mol. The second-order valence-corrected chi connectivity index (χ2v) is 10.1. The van der Waals surface area contributed by atoms with Crippen molar-refractivity contribution in [2.24, 2.45) is 0 Å². The summed E-state index contributed by atoms with van der Waals surface area (Å²) in [6.45, 7) is 5.78. The molecule has 1 unspecified atom stereocenters. The summed E-state index contributed by atoms with van der Waals surface area (Å²) in [4.78, 5) is 22.3. The number of hydrogen-bond acceptors (Lipinski definition) is 9. The molecule has 9 nitrogen and oxygen atoms in total. The highest BCUT2D eigenvalue weighted by molar-refractivity contribution is 7.99. The topological polar surface area (TPSA) is 120 Å². The molecule has 5 heterocycles. The van der Waals surface area contributed by atoms with E-state index in [2.05, 4.69) is 20.3 Å². The van der Waals surface area contributed by atoms with E-state index in [9.17, 15) is 4.79 Å². The van der Waals surface area contributed by atoms with Gasteiger partial charge in [-0.25, -0.2) is 14.3 Å². The molecule has 0 aliphatic heterocycles. The van der Waals surface area contributed by atoms with Gasteiger partial charge in [-0.05, 0) is 38.3 Å². The van der Waals surface area contributed by atoms with Gasteiger partial charge in [0, 0.05) is 21.5 Å². The van der Waals surface area contributed by atoms with Gasteiger partial charge in [-0.15, -0.1) is 32.9 Å². The summed E-state index contributed by atoms with van der Waals surface area (Å²) in [5.74, 6) is 7.23. The van der Waals surface area contributed by atoms with Crippen LogP contribution in [0.3, 0.4) is 0 Å². The molecule has 0 saturated heterocycles. The fourth-order valence-electron chi connectivity index (χ4n) is 3.31. The van der Waals surface area contributed by atoms with Crippen LogP contribution >= 0.6 is 34.4 Å². The van der Waals surface area contributed by atoms with Crippen molar-refractivity contribution in [1.82, 2.24) is 34.6 Å². The van der Waals surface area contributed by atoms with E-state index in [0.717, 1.165) is 21.8 Å². The number of fused-ring (bicyclic) bond motifs is 1. The van der Waals surface area contributed by atoms with E-state index >= 15 is 0 Å². The highest BCUT2D eigenvalue weighted by Crippen LogP contribution is 2.36. The van der Waals surface area contributed by atoms with Crippen LogP contribution in [-0.4, -0.2) is 34.6 Å². The van der Waals surface area contributed by atoms with Crippen LogP contribution in [0.1, 0.15) is 29.4 Å². The second-order valence-electron chi connectivity index (χ2n) is 7.01. The Labute approximate surface area is 188 Å². The van der Waals surface area contributed by atoms with Crippen LogP contribution in [0.15, 0.2) is 38.9 Å². The third kappa shape index (κ3) is 3.46. The number of aryl methyl sites for hydroxylation is 2. The Bertz CT molecular complexity index is 1440. The molecule has 12 heteroatoms. The summed E-state index contributed by atoms with van der Waals surface area (Å²) in [5.41, 5.74) is 2.56. The van der Waals surface area contributed by atoms with Gasteiger partial charge in [0.1, 0.15) is 10.7 Å². The number of H-pyrrole nitrogens is 1. The maximum Gasteiger partial charge on any atom is 0.271 e. The zero-order chi connectivity index (χ0) is 21.7. The predicted molar refractivity (Wildman–Crippen MR) is 125 cm³/mol. The van der Waals surface area contributed by atoms with Gasteiger partial charge in [0.25, 0.3) is 11.5 Å². The molecule has 0 fully saturated rings. The molecule has 0 aliphatic rings. The van der Waals surface area contributed by atoms with Gasteiger partial charge in [0.2, 0.25) is 5.16 Å². The summed E-state index contributed by atoms with van der Waals surface area (Å²) in [6, 6.07) is 5.92. The fourth-order valence-corrected chi connectivity index (χ4v) is 5.90. The molecule has 0 radical (unpaired) electrons. The molecule has 3 N–H and O–H groups in total. The van der Waals surface area contributed by atoms with Gasteiger partial charge in [-0.1, -0.05) is 17.8 Å². The van der Waals surface area contributed by atoms with Crippen LogP contribution in [0.4, 0.5) is 0 Å². The van der Waals surface area contributed by atoms with Crippen molar-refractivity contribution in [3.8, 4) is 16.4 Å². The van der Waals surface area contributed by atoms with Crippen molar-refractivity contribution in [2.75, 3.05) is 5.84 Å². The van der Waals surface area contributed by atoms with Gasteiger partial charge in [0.05, 0.1) is 16.3 Å². The second kappa shape index (κ2) is 7.62. The van der Waals surface area contributed by atoms with E-state index in [-0.39, 0.29) is 10.8 Å². The van der Waals surface area contributed by atoms with Crippen LogP contribution in [0.25, 0.3) is 26.6 Å². The molecule has 158 valence electrons. The first-order chi connectivity index (χ1) is 14.9. The first-order valence-electron chi connectivity index (χ1n) is 9.38. The molecule has 0 aliphatic carbocycles. The molecule has 0 aromatic carbocycles. The van der Waals surface area contributed by atoms with Crippen molar-refractivity contribution < 1.29 is 0 Å². The van der Waals surface area contributed by atoms with Gasteiger partial charge >= 0.3 is 0 Å². The SMILES string of the molecule is Cc1cc(C)n(-c2nnc(SC(C)c3nc4scc(-c5cccs5)c4c(=O)[nH]3)n2N)n1. The lowest BCUT2D eigenvalue weighted by molar-refractivity contribution is 0.726. The molecule has 0 spiro atoms. The van der Waals surface area contributed by atoms with E-state index in [4.69, 9.17) is 10.8 Å². The minimum atomic E-state index is -0.191. The van der Waals surface area contributed by atoms with E-state index in [1.807, 2.05) is 49.7 Å². The molecule has 5 aromatic rings. The minimum absolute atomic E-state index is 0.144. The number of nitrogens with one attached hydrogen (secondary N) is 1. The third-order valence-electron chi connectivity index (χ3n) is 4.76. The molecule has 0 bridgehead atoms.